The lowest BCUT2D eigenvalue weighted by Crippen LogP contribution is -2.31. The zero-order valence-corrected chi connectivity index (χ0v) is 12.7. The van der Waals surface area contributed by atoms with Gasteiger partial charge < -0.3 is 15.0 Å². The van der Waals surface area contributed by atoms with Crippen LogP contribution in [-0.2, 0) is 0 Å². The van der Waals surface area contributed by atoms with Gasteiger partial charge in [-0.2, -0.15) is 0 Å². The Kier molecular flexibility index (Phi) is 4.79. The van der Waals surface area contributed by atoms with E-state index >= 15 is 0 Å². The third-order valence-electron chi connectivity index (χ3n) is 3.61. The first-order valence-electron chi connectivity index (χ1n) is 6.98. The van der Waals surface area contributed by atoms with Gasteiger partial charge in [0.15, 0.2) is 0 Å². The highest BCUT2D eigenvalue weighted by Crippen LogP contribution is 2.25. The Labute approximate surface area is 120 Å². The van der Waals surface area contributed by atoms with Gasteiger partial charge in [0, 0.05) is 30.7 Å². The van der Waals surface area contributed by atoms with Crippen LogP contribution >= 0.6 is 0 Å². The number of hydrogen-bond donors (Lipinski definition) is 1. The number of rotatable bonds is 6. The molecule has 0 saturated carbocycles. The highest BCUT2D eigenvalue weighted by molar-refractivity contribution is 5.92. The summed E-state index contributed by atoms with van der Waals surface area (Å²) in [6, 6.07) is 8.61. The van der Waals surface area contributed by atoms with Crippen molar-refractivity contribution in [3.63, 3.8) is 0 Å². The zero-order chi connectivity index (χ0) is 14.5. The van der Waals surface area contributed by atoms with Gasteiger partial charge in [0.2, 0.25) is 0 Å². The molecule has 2 rings (SSSR count). The molecule has 1 aromatic carbocycles. The molecule has 20 heavy (non-hydrogen) atoms. The van der Waals surface area contributed by atoms with Crippen LogP contribution in [0.2, 0.25) is 0 Å². The molecule has 0 aliphatic heterocycles. The molecule has 0 radical (unpaired) electrons. The maximum atomic E-state index is 5.25. The molecule has 0 bridgehead atoms. The molecule has 0 amide bonds. The van der Waals surface area contributed by atoms with Gasteiger partial charge in [-0.05, 0) is 50.5 Å². The zero-order valence-electron chi connectivity index (χ0n) is 12.7. The number of nitrogens with one attached hydrogen (secondary N) is 1. The summed E-state index contributed by atoms with van der Waals surface area (Å²) in [4.78, 5) is 6.74. The first-order valence-corrected chi connectivity index (χ1v) is 6.98. The Bertz CT molecular complexity index is 569. The molecule has 2 aromatic rings. The molecule has 0 saturated heterocycles. The number of fused-ring (bicyclic) bond motifs is 1. The summed E-state index contributed by atoms with van der Waals surface area (Å²) >= 11 is 0. The predicted molar refractivity (Wildman–Crippen MR) is 84.6 cm³/mol. The van der Waals surface area contributed by atoms with Crippen molar-refractivity contribution in [1.82, 2.24) is 9.88 Å². The lowest BCUT2D eigenvalue weighted by molar-refractivity contribution is 0.284. The fourth-order valence-electron chi connectivity index (χ4n) is 2.03. The molecule has 0 unspecified atom stereocenters. The van der Waals surface area contributed by atoms with E-state index < -0.39 is 0 Å². The van der Waals surface area contributed by atoms with E-state index in [1.54, 1.807) is 7.11 Å². The SMILES string of the molecule is COc1ccc2c(NCCN(C)C(C)C)nccc2c1. The van der Waals surface area contributed by atoms with Crippen molar-refractivity contribution in [1.29, 1.82) is 0 Å². The van der Waals surface area contributed by atoms with E-state index in [9.17, 15) is 0 Å². The number of hydrogen-bond acceptors (Lipinski definition) is 4. The minimum Gasteiger partial charge on any atom is -0.497 e. The second kappa shape index (κ2) is 6.57. The van der Waals surface area contributed by atoms with Gasteiger partial charge in [0.25, 0.3) is 0 Å². The van der Waals surface area contributed by atoms with Crippen LogP contribution in [0.25, 0.3) is 10.8 Å². The third kappa shape index (κ3) is 3.39. The van der Waals surface area contributed by atoms with Gasteiger partial charge in [0.1, 0.15) is 11.6 Å². The molecular formula is C16H23N3O. The van der Waals surface area contributed by atoms with Crippen molar-refractivity contribution in [2.24, 2.45) is 0 Å². The summed E-state index contributed by atoms with van der Waals surface area (Å²) in [7, 11) is 3.82. The largest absolute Gasteiger partial charge is 0.497 e. The number of methoxy groups -OCH3 is 1. The Hall–Kier alpha value is -1.81. The predicted octanol–water partition coefficient (Wildman–Crippen LogP) is 3.00. The van der Waals surface area contributed by atoms with Gasteiger partial charge in [0.05, 0.1) is 7.11 Å². The van der Waals surface area contributed by atoms with Crippen molar-refractivity contribution in [3.8, 4) is 5.75 Å². The van der Waals surface area contributed by atoms with E-state index in [1.165, 1.54) is 0 Å². The first-order chi connectivity index (χ1) is 9.61. The summed E-state index contributed by atoms with van der Waals surface area (Å²) in [5, 5.41) is 5.68. The van der Waals surface area contributed by atoms with Crippen molar-refractivity contribution in [3.05, 3.63) is 30.5 Å². The standard InChI is InChI=1S/C16H23N3O/c1-12(2)19(3)10-9-18-16-15-6-5-14(20-4)11-13(15)7-8-17-16/h5-8,11-12H,9-10H2,1-4H3,(H,17,18). The van der Waals surface area contributed by atoms with E-state index in [2.05, 4.69) is 42.2 Å². The van der Waals surface area contributed by atoms with E-state index in [0.29, 0.717) is 6.04 Å². The van der Waals surface area contributed by atoms with Crippen LogP contribution in [0.4, 0.5) is 5.82 Å². The van der Waals surface area contributed by atoms with E-state index in [-0.39, 0.29) is 0 Å². The van der Waals surface area contributed by atoms with E-state index in [1.807, 2.05) is 24.4 Å². The van der Waals surface area contributed by atoms with Crippen LogP contribution in [0.15, 0.2) is 30.5 Å². The molecule has 1 heterocycles. The number of pyridine rings is 1. The normalized spacial score (nSPS) is 11.3. The fourth-order valence-corrected chi connectivity index (χ4v) is 2.03. The van der Waals surface area contributed by atoms with Crippen LogP contribution in [0.5, 0.6) is 5.75 Å². The second-order valence-corrected chi connectivity index (χ2v) is 5.25. The molecular weight excluding hydrogens is 250 g/mol. The summed E-state index contributed by atoms with van der Waals surface area (Å²) in [6.07, 6.45) is 1.83. The summed E-state index contributed by atoms with van der Waals surface area (Å²) in [5.74, 6) is 1.80. The summed E-state index contributed by atoms with van der Waals surface area (Å²) < 4.78 is 5.25. The Morgan fingerprint density at radius 1 is 1.30 bits per heavy atom. The molecule has 1 N–H and O–H groups in total. The molecule has 4 nitrogen and oxygen atoms in total. The molecule has 0 fully saturated rings. The highest BCUT2D eigenvalue weighted by atomic mass is 16.5. The Morgan fingerprint density at radius 2 is 2.10 bits per heavy atom. The van der Waals surface area contributed by atoms with Crippen LogP contribution in [-0.4, -0.2) is 43.2 Å². The van der Waals surface area contributed by atoms with Crippen LogP contribution in [0.3, 0.4) is 0 Å². The monoisotopic (exact) mass is 273 g/mol. The minimum absolute atomic E-state index is 0.557. The number of aromatic nitrogens is 1. The summed E-state index contributed by atoms with van der Waals surface area (Å²) in [5.41, 5.74) is 0. The molecule has 108 valence electrons. The van der Waals surface area contributed by atoms with Crippen molar-refractivity contribution in [2.75, 3.05) is 32.6 Å². The quantitative estimate of drug-likeness (QED) is 0.878. The number of benzene rings is 1. The van der Waals surface area contributed by atoms with E-state index in [0.717, 1.165) is 35.4 Å². The first kappa shape index (κ1) is 14.6. The van der Waals surface area contributed by atoms with Crippen molar-refractivity contribution in [2.45, 2.75) is 19.9 Å². The van der Waals surface area contributed by atoms with Crippen LogP contribution in [0, 0.1) is 0 Å². The number of nitrogens with zero attached hydrogens (tertiary/aromatic N) is 2. The molecule has 1 aromatic heterocycles. The molecule has 0 spiro atoms. The second-order valence-electron chi connectivity index (χ2n) is 5.25. The maximum absolute atomic E-state index is 5.25. The molecule has 0 aliphatic rings. The molecule has 4 heteroatoms. The third-order valence-corrected chi connectivity index (χ3v) is 3.61. The average molecular weight is 273 g/mol. The number of anilines is 1. The smallest absolute Gasteiger partial charge is 0.133 e. The fraction of sp³-hybridized carbons (Fsp3) is 0.438. The average Bonchev–Trinajstić information content (AvgIpc) is 2.46. The topological polar surface area (TPSA) is 37.4 Å². The van der Waals surface area contributed by atoms with Gasteiger partial charge >= 0.3 is 0 Å². The number of likely N-dealkylation sites (N-methyl/N-ethyl adjacent to an activating group) is 1. The molecule has 0 aliphatic carbocycles. The van der Waals surface area contributed by atoms with Gasteiger partial charge in [-0.1, -0.05) is 0 Å². The summed E-state index contributed by atoms with van der Waals surface area (Å²) in [6.45, 7) is 6.27. The van der Waals surface area contributed by atoms with Crippen LogP contribution in [0.1, 0.15) is 13.8 Å². The van der Waals surface area contributed by atoms with Crippen molar-refractivity contribution < 1.29 is 4.74 Å². The highest BCUT2D eigenvalue weighted by Gasteiger charge is 2.05. The van der Waals surface area contributed by atoms with Gasteiger partial charge in [-0.15, -0.1) is 0 Å². The molecule has 0 atom stereocenters. The van der Waals surface area contributed by atoms with Crippen LogP contribution < -0.4 is 10.1 Å². The number of ether oxygens (including phenoxy) is 1. The van der Waals surface area contributed by atoms with Gasteiger partial charge in [-0.3, -0.25) is 0 Å². The lowest BCUT2D eigenvalue weighted by Gasteiger charge is -2.21. The Balaban J connectivity index is 2.10. The minimum atomic E-state index is 0.557. The van der Waals surface area contributed by atoms with E-state index in [4.69, 9.17) is 4.74 Å². The van der Waals surface area contributed by atoms with Gasteiger partial charge in [-0.25, -0.2) is 4.98 Å². The Morgan fingerprint density at radius 3 is 2.80 bits per heavy atom. The lowest BCUT2D eigenvalue weighted by atomic mass is 10.1. The van der Waals surface area contributed by atoms with Crippen molar-refractivity contribution >= 4 is 16.6 Å². The maximum Gasteiger partial charge on any atom is 0.133 e.